The Morgan fingerprint density at radius 1 is 0.931 bits per heavy atom. The molecule has 3 aromatic rings. The summed E-state index contributed by atoms with van der Waals surface area (Å²) in [6, 6.07) is 7.56. The number of anilines is 1. The zero-order valence-corrected chi connectivity index (χ0v) is 16.2. The van der Waals surface area contributed by atoms with Gasteiger partial charge in [0.05, 0.1) is 4.90 Å². The molecule has 1 aromatic heterocycles. The number of pyridine rings is 1. The van der Waals surface area contributed by atoms with Crippen LogP contribution in [0.25, 0.3) is 0 Å². The van der Waals surface area contributed by atoms with E-state index in [1.807, 2.05) is 4.72 Å². The second-order valence-electron chi connectivity index (χ2n) is 6.28. The lowest BCUT2D eigenvalue weighted by molar-refractivity contribution is 0.579. The molecule has 8 heteroatoms. The highest BCUT2D eigenvalue weighted by Gasteiger charge is 2.23. The standard InChI is InChI=1S/C21H15F3N2O2S/c1-13-8-17(22)14(2)20(9-13)29(27,28)26-21-18(23)10-16(11-19(21)24)6-5-15-4-3-7-25-12-15/h3-4,7-12,26H,1-2H3. The SMILES string of the molecule is Cc1cc(F)c(C)c(S(=O)(=O)Nc2c(F)cc(C#Cc3cccnc3)cc2F)c1. The van der Waals surface area contributed by atoms with E-state index in [0.29, 0.717) is 11.1 Å². The van der Waals surface area contributed by atoms with Crippen LogP contribution in [-0.2, 0) is 10.0 Å². The molecule has 0 radical (unpaired) electrons. The van der Waals surface area contributed by atoms with Gasteiger partial charge in [0.25, 0.3) is 10.0 Å². The van der Waals surface area contributed by atoms with Crippen LogP contribution in [0.1, 0.15) is 22.3 Å². The Morgan fingerprint density at radius 3 is 2.21 bits per heavy atom. The molecule has 0 fully saturated rings. The van der Waals surface area contributed by atoms with Crippen LogP contribution in [0, 0.1) is 43.1 Å². The van der Waals surface area contributed by atoms with Crippen LogP contribution in [0.3, 0.4) is 0 Å². The Labute approximate surface area is 166 Å². The van der Waals surface area contributed by atoms with E-state index in [1.165, 1.54) is 32.2 Å². The van der Waals surface area contributed by atoms with Crippen LogP contribution < -0.4 is 4.72 Å². The van der Waals surface area contributed by atoms with Gasteiger partial charge >= 0.3 is 0 Å². The molecule has 1 heterocycles. The molecular weight excluding hydrogens is 401 g/mol. The first-order valence-corrected chi connectivity index (χ1v) is 9.86. The highest BCUT2D eigenvalue weighted by Crippen LogP contribution is 2.26. The first-order valence-electron chi connectivity index (χ1n) is 8.38. The van der Waals surface area contributed by atoms with E-state index >= 15 is 0 Å². The van der Waals surface area contributed by atoms with Gasteiger partial charge in [0.15, 0.2) is 11.6 Å². The normalized spacial score (nSPS) is 10.9. The number of halogens is 3. The molecule has 3 rings (SSSR count). The van der Waals surface area contributed by atoms with Gasteiger partial charge in [0, 0.05) is 29.1 Å². The van der Waals surface area contributed by atoms with E-state index in [1.54, 1.807) is 18.3 Å². The van der Waals surface area contributed by atoms with Gasteiger partial charge < -0.3 is 0 Å². The monoisotopic (exact) mass is 416 g/mol. The third kappa shape index (κ3) is 4.58. The van der Waals surface area contributed by atoms with Gasteiger partial charge in [-0.25, -0.2) is 21.6 Å². The lowest BCUT2D eigenvalue weighted by atomic mass is 10.1. The minimum atomic E-state index is -4.42. The Morgan fingerprint density at radius 2 is 1.59 bits per heavy atom. The summed E-state index contributed by atoms with van der Waals surface area (Å²) in [7, 11) is -4.42. The van der Waals surface area contributed by atoms with Crippen LogP contribution in [0.4, 0.5) is 18.9 Å². The second kappa shape index (κ2) is 7.97. The van der Waals surface area contributed by atoms with Crippen molar-refractivity contribution < 1.29 is 21.6 Å². The fourth-order valence-corrected chi connectivity index (χ4v) is 3.99. The number of sulfonamides is 1. The summed E-state index contributed by atoms with van der Waals surface area (Å²) in [5.74, 6) is 2.28. The van der Waals surface area contributed by atoms with E-state index in [0.717, 1.165) is 12.1 Å². The van der Waals surface area contributed by atoms with Crippen LogP contribution in [0.5, 0.6) is 0 Å². The molecule has 0 saturated heterocycles. The fraction of sp³-hybridized carbons (Fsp3) is 0.0952. The molecule has 0 saturated carbocycles. The van der Waals surface area contributed by atoms with E-state index in [2.05, 4.69) is 16.8 Å². The molecule has 1 N–H and O–H groups in total. The van der Waals surface area contributed by atoms with Crippen LogP contribution in [-0.4, -0.2) is 13.4 Å². The van der Waals surface area contributed by atoms with Crippen LogP contribution in [0.15, 0.2) is 53.7 Å². The van der Waals surface area contributed by atoms with E-state index < -0.39 is 38.1 Å². The zero-order chi connectivity index (χ0) is 21.2. The predicted molar refractivity (Wildman–Crippen MR) is 103 cm³/mol. The Kier molecular flexibility index (Phi) is 5.62. The Bertz CT molecular complexity index is 1230. The van der Waals surface area contributed by atoms with E-state index in [9.17, 15) is 21.6 Å². The number of nitrogens with zero attached hydrogens (tertiary/aromatic N) is 1. The topological polar surface area (TPSA) is 59.1 Å². The molecule has 0 aliphatic rings. The molecule has 0 spiro atoms. The van der Waals surface area contributed by atoms with Crippen molar-refractivity contribution in [2.75, 3.05) is 4.72 Å². The highest BCUT2D eigenvalue weighted by molar-refractivity contribution is 7.92. The lowest BCUT2D eigenvalue weighted by Gasteiger charge is -2.13. The highest BCUT2D eigenvalue weighted by atomic mass is 32.2. The third-order valence-corrected chi connectivity index (χ3v) is 5.50. The maximum Gasteiger partial charge on any atom is 0.262 e. The number of nitrogens with one attached hydrogen (secondary N) is 1. The van der Waals surface area contributed by atoms with Crippen molar-refractivity contribution in [2.24, 2.45) is 0 Å². The van der Waals surface area contributed by atoms with Crippen molar-refractivity contribution in [3.8, 4) is 11.8 Å². The first kappa shape index (κ1) is 20.4. The largest absolute Gasteiger partial charge is 0.274 e. The molecule has 29 heavy (non-hydrogen) atoms. The van der Waals surface area contributed by atoms with Gasteiger partial charge in [-0.05, 0) is 55.8 Å². The summed E-state index contributed by atoms with van der Waals surface area (Å²) >= 11 is 0. The average Bonchev–Trinajstić information content (AvgIpc) is 2.66. The summed E-state index contributed by atoms with van der Waals surface area (Å²) in [4.78, 5) is 3.49. The minimum absolute atomic E-state index is 0.0181. The number of rotatable bonds is 3. The number of hydrogen-bond acceptors (Lipinski definition) is 3. The molecule has 0 unspecified atom stereocenters. The summed E-state index contributed by atoms with van der Waals surface area (Å²) in [5.41, 5.74) is -0.0869. The van der Waals surface area contributed by atoms with Crippen molar-refractivity contribution >= 4 is 15.7 Å². The number of benzene rings is 2. The van der Waals surface area contributed by atoms with E-state index in [-0.39, 0.29) is 11.1 Å². The van der Waals surface area contributed by atoms with Gasteiger partial charge in [-0.1, -0.05) is 11.8 Å². The first-order chi connectivity index (χ1) is 13.7. The third-order valence-electron chi connectivity index (χ3n) is 4.02. The number of aromatic nitrogens is 1. The van der Waals surface area contributed by atoms with Crippen molar-refractivity contribution in [2.45, 2.75) is 18.7 Å². The summed E-state index contributed by atoms with van der Waals surface area (Å²) in [6.45, 7) is 2.78. The molecule has 0 aliphatic heterocycles. The fourth-order valence-electron chi connectivity index (χ4n) is 2.57. The predicted octanol–water partition coefficient (Wildman–Crippen LogP) is 4.32. The molecule has 0 amide bonds. The van der Waals surface area contributed by atoms with Gasteiger partial charge in [-0.3, -0.25) is 9.71 Å². The van der Waals surface area contributed by atoms with Crippen molar-refractivity contribution in [1.82, 2.24) is 4.98 Å². The smallest absolute Gasteiger partial charge is 0.262 e. The van der Waals surface area contributed by atoms with Crippen LogP contribution in [0.2, 0.25) is 0 Å². The Hall–Kier alpha value is -3.31. The average molecular weight is 416 g/mol. The van der Waals surface area contributed by atoms with Gasteiger partial charge in [-0.2, -0.15) is 0 Å². The quantitative estimate of drug-likeness (QED) is 0.647. The maximum atomic E-state index is 14.4. The lowest BCUT2D eigenvalue weighted by Crippen LogP contribution is -2.17. The molecular formula is C21H15F3N2O2S. The summed E-state index contributed by atoms with van der Waals surface area (Å²) < 4.78 is 69.8. The summed E-state index contributed by atoms with van der Waals surface area (Å²) in [5, 5.41) is 0. The molecule has 0 aliphatic carbocycles. The summed E-state index contributed by atoms with van der Waals surface area (Å²) in [6.07, 6.45) is 3.05. The van der Waals surface area contributed by atoms with Gasteiger partial charge in [-0.15, -0.1) is 0 Å². The molecule has 0 atom stereocenters. The van der Waals surface area contributed by atoms with Crippen LogP contribution >= 0.6 is 0 Å². The Balaban J connectivity index is 1.96. The minimum Gasteiger partial charge on any atom is -0.274 e. The van der Waals surface area contributed by atoms with E-state index in [4.69, 9.17) is 0 Å². The molecule has 2 aromatic carbocycles. The molecule has 4 nitrogen and oxygen atoms in total. The number of aryl methyl sites for hydroxylation is 1. The van der Waals surface area contributed by atoms with Gasteiger partial charge in [0.1, 0.15) is 11.5 Å². The van der Waals surface area contributed by atoms with Crippen molar-refractivity contribution in [1.29, 1.82) is 0 Å². The van der Waals surface area contributed by atoms with Gasteiger partial charge in [0.2, 0.25) is 0 Å². The van der Waals surface area contributed by atoms with Crippen molar-refractivity contribution in [3.63, 3.8) is 0 Å². The second-order valence-corrected chi connectivity index (χ2v) is 7.93. The van der Waals surface area contributed by atoms with Crippen molar-refractivity contribution in [3.05, 3.63) is 88.5 Å². The number of hydrogen-bond donors (Lipinski definition) is 1. The molecule has 0 bridgehead atoms. The maximum absolute atomic E-state index is 14.4. The zero-order valence-electron chi connectivity index (χ0n) is 15.4. The molecule has 148 valence electrons.